The molecule has 12 heavy (non-hydrogen) atoms. The second kappa shape index (κ2) is 4.22. The number of carbonyl (C=O) groups is 1. The van der Waals surface area contributed by atoms with E-state index in [0.29, 0.717) is 0 Å². The van der Waals surface area contributed by atoms with Crippen molar-refractivity contribution < 1.29 is 4.79 Å². The maximum atomic E-state index is 11.2. The molecule has 1 amide bonds. The summed E-state index contributed by atoms with van der Waals surface area (Å²) in [5, 5.41) is 3.11. The van der Waals surface area contributed by atoms with Crippen LogP contribution in [0.25, 0.3) is 0 Å². The fraction of sp³-hybridized carbons (Fsp3) is 0.667. The van der Waals surface area contributed by atoms with Crippen LogP contribution in [0, 0.1) is 0 Å². The molecule has 6 heteroatoms. The molecular formula is C6H12N4OS. The minimum Gasteiger partial charge on any atom is -0.375 e. The Bertz CT molecular complexity index is 190. The van der Waals surface area contributed by atoms with Crippen LogP contribution < -0.4 is 21.9 Å². The van der Waals surface area contributed by atoms with Crippen molar-refractivity contribution in [2.45, 2.75) is 18.9 Å². The zero-order valence-electron chi connectivity index (χ0n) is 6.59. The van der Waals surface area contributed by atoms with Crippen LogP contribution in [0.2, 0.25) is 0 Å². The van der Waals surface area contributed by atoms with E-state index in [-0.39, 0.29) is 17.1 Å². The molecular weight excluding hydrogens is 176 g/mol. The molecule has 0 unspecified atom stereocenters. The summed E-state index contributed by atoms with van der Waals surface area (Å²) < 4.78 is 0. The maximum absolute atomic E-state index is 11.2. The molecule has 0 bridgehead atoms. The summed E-state index contributed by atoms with van der Waals surface area (Å²) in [6.07, 6.45) is 1.90. The van der Waals surface area contributed by atoms with Crippen LogP contribution in [0.15, 0.2) is 0 Å². The average molecular weight is 188 g/mol. The Morgan fingerprint density at radius 3 is 2.83 bits per heavy atom. The van der Waals surface area contributed by atoms with Gasteiger partial charge in [-0.3, -0.25) is 15.6 Å². The zero-order valence-corrected chi connectivity index (χ0v) is 7.41. The molecule has 1 aliphatic rings. The summed E-state index contributed by atoms with van der Waals surface area (Å²) in [7, 11) is 0. The first-order chi connectivity index (χ1) is 5.70. The van der Waals surface area contributed by atoms with Gasteiger partial charge in [0.15, 0.2) is 5.11 Å². The van der Waals surface area contributed by atoms with Gasteiger partial charge >= 0.3 is 0 Å². The Kier molecular flexibility index (Phi) is 3.24. The van der Waals surface area contributed by atoms with E-state index in [9.17, 15) is 4.79 Å². The van der Waals surface area contributed by atoms with Gasteiger partial charge in [-0.05, 0) is 31.6 Å². The predicted octanol–water partition coefficient (Wildman–Crippen LogP) is -1.40. The summed E-state index contributed by atoms with van der Waals surface area (Å²) in [5.74, 6) is -0.111. The molecule has 1 heterocycles. The Hall–Kier alpha value is -0.880. The summed E-state index contributed by atoms with van der Waals surface area (Å²) >= 11 is 4.52. The first-order valence-electron chi connectivity index (χ1n) is 3.79. The number of carbonyl (C=O) groups excluding carboxylic acids is 1. The number of hydrogen-bond acceptors (Lipinski definition) is 3. The molecule has 1 aliphatic heterocycles. The van der Waals surface area contributed by atoms with Crippen LogP contribution in [0.4, 0.5) is 0 Å². The quantitative estimate of drug-likeness (QED) is 0.301. The molecule has 1 saturated heterocycles. The van der Waals surface area contributed by atoms with Crippen LogP contribution >= 0.6 is 12.2 Å². The first kappa shape index (κ1) is 9.21. The van der Waals surface area contributed by atoms with Gasteiger partial charge in [-0.1, -0.05) is 0 Å². The van der Waals surface area contributed by atoms with E-state index >= 15 is 0 Å². The number of hydrazine groups is 1. The van der Waals surface area contributed by atoms with Crippen molar-refractivity contribution >= 4 is 23.2 Å². The van der Waals surface area contributed by atoms with Crippen molar-refractivity contribution in [2.24, 2.45) is 5.73 Å². The van der Waals surface area contributed by atoms with Crippen LogP contribution in [0.1, 0.15) is 12.8 Å². The topological polar surface area (TPSA) is 79.2 Å². The maximum Gasteiger partial charge on any atom is 0.255 e. The monoisotopic (exact) mass is 188 g/mol. The molecule has 1 rings (SSSR count). The third kappa shape index (κ3) is 2.63. The van der Waals surface area contributed by atoms with Gasteiger partial charge in [0, 0.05) is 0 Å². The highest BCUT2D eigenvalue weighted by molar-refractivity contribution is 7.80. The van der Waals surface area contributed by atoms with Crippen LogP contribution in [0.3, 0.4) is 0 Å². The van der Waals surface area contributed by atoms with Crippen molar-refractivity contribution in [1.29, 1.82) is 0 Å². The molecule has 0 aliphatic carbocycles. The fourth-order valence-corrected chi connectivity index (χ4v) is 1.17. The number of thiocarbonyl (C=S) groups is 1. The number of amides is 1. The van der Waals surface area contributed by atoms with E-state index in [4.69, 9.17) is 5.73 Å². The van der Waals surface area contributed by atoms with E-state index in [1.165, 1.54) is 0 Å². The molecule has 0 spiro atoms. The van der Waals surface area contributed by atoms with Gasteiger partial charge in [0.2, 0.25) is 0 Å². The zero-order chi connectivity index (χ0) is 8.97. The average Bonchev–Trinajstić information content (AvgIpc) is 2.51. The Labute approximate surface area is 76.0 Å². The van der Waals surface area contributed by atoms with Crippen LogP contribution in [0.5, 0.6) is 0 Å². The molecule has 68 valence electrons. The van der Waals surface area contributed by atoms with E-state index in [2.05, 4.69) is 28.4 Å². The van der Waals surface area contributed by atoms with Crippen molar-refractivity contribution in [3.8, 4) is 0 Å². The molecule has 0 aromatic rings. The number of hydrogen-bond donors (Lipinski definition) is 4. The minimum absolute atomic E-state index is 0.0707. The van der Waals surface area contributed by atoms with Crippen LogP contribution in [-0.4, -0.2) is 23.6 Å². The smallest absolute Gasteiger partial charge is 0.255 e. The second-order valence-corrected chi connectivity index (χ2v) is 3.07. The normalized spacial score (nSPS) is 21.8. The predicted molar refractivity (Wildman–Crippen MR) is 49.1 cm³/mol. The molecule has 5 nitrogen and oxygen atoms in total. The molecule has 0 aromatic heterocycles. The summed E-state index contributed by atoms with van der Waals surface area (Å²) in [6.45, 7) is 0.894. The van der Waals surface area contributed by atoms with Gasteiger partial charge in [0.1, 0.15) is 0 Å². The highest BCUT2D eigenvalue weighted by Crippen LogP contribution is 2.03. The third-order valence-corrected chi connectivity index (χ3v) is 1.79. The summed E-state index contributed by atoms with van der Waals surface area (Å²) in [6, 6.07) is -0.105. The van der Waals surface area contributed by atoms with Gasteiger partial charge in [0.05, 0.1) is 6.04 Å². The van der Waals surface area contributed by atoms with Gasteiger partial charge in [0.25, 0.3) is 5.91 Å². The first-order valence-corrected chi connectivity index (χ1v) is 4.19. The van der Waals surface area contributed by atoms with Gasteiger partial charge in [-0.2, -0.15) is 0 Å². The number of nitrogens with two attached hydrogens (primary N) is 1. The molecule has 0 aromatic carbocycles. The highest BCUT2D eigenvalue weighted by atomic mass is 32.1. The van der Waals surface area contributed by atoms with Crippen molar-refractivity contribution in [3.63, 3.8) is 0 Å². The summed E-state index contributed by atoms with van der Waals surface area (Å²) in [5.41, 5.74) is 9.92. The SMILES string of the molecule is NC(=S)NNC(=O)[C@@H]1CCCN1. The van der Waals surface area contributed by atoms with Crippen molar-refractivity contribution in [2.75, 3.05) is 6.54 Å². The van der Waals surface area contributed by atoms with Crippen molar-refractivity contribution in [3.05, 3.63) is 0 Å². The molecule has 0 saturated carbocycles. The summed E-state index contributed by atoms with van der Waals surface area (Å²) in [4.78, 5) is 11.2. The lowest BCUT2D eigenvalue weighted by molar-refractivity contribution is -0.123. The molecule has 5 N–H and O–H groups in total. The van der Waals surface area contributed by atoms with Gasteiger partial charge in [-0.15, -0.1) is 0 Å². The van der Waals surface area contributed by atoms with E-state index in [1.807, 2.05) is 0 Å². The number of rotatable bonds is 1. The lowest BCUT2D eigenvalue weighted by Gasteiger charge is -2.11. The Morgan fingerprint density at radius 2 is 2.33 bits per heavy atom. The van der Waals surface area contributed by atoms with E-state index in [1.54, 1.807) is 0 Å². The highest BCUT2D eigenvalue weighted by Gasteiger charge is 2.21. The third-order valence-electron chi connectivity index (χ3n) is 1.69. The standard InChI is InChI=1S/C6H12N4OS/c7-6(12)10-9-5(11)4-2-1-3-8-4/h4,8H,1-3H2,(H,9,11)(H3,7,10,12)/t4-/m0/s1. The molecule has 1 atom stereocenters. The fourth-order valence-electron chi connectivity index (χ4n) is 1.12. The van der Waals surface area contributed by atoms with Crippen molar-refractivity contribution in [1.82, 2.24) is 16.2 Å². The van der Waals surface area contributed by atoms with E-state index < -0.39 is 0 Å². The Morgan fingerprint density at radius 1 is 1.58 bits per heavy atom. The lowest BCUT2D eigenvalue weighted by Crippen LogP contribution is -2.50. The minimum atomic E-state index is -0.111. The second-order valence-electron chi connectivity index (χ2n) is 2.63. The Balaban J connectivity index is 2.23. The molecule has 0 radical (unpaired) electrons. The van der Waals surface area contributed by atoms with Gasteiger partial charge < -0.3 is 11.1 Å². The van der Waals surface area contributed by atoms with Crippen LogP contribution in [-0.2, 0) is 4.79 Å². The lowest BCUT2D eigenvalue weighted by atomic mass is 10.2. The molecule has 1 fully saturated rings. The largest absolute Gasteiger partial charge is 0.375 e. The number of nitrogens with one attached hydrogen (secondary N) is 3. The van der Waals surface area contributed by atoms with E-state index in [0.717, 1.165) is 19.4 Å². The van der Waals surface area contributed by atoms with Gasteiger partial charge in [-0.25, -0.2) is 0 Å².